The number of carbonyl (C=O) groups is 2. The standard InChI is InChI=1S/C22H22ClN5O2/c1-15-24-20(26-28(15)19-12-6-5-11-18(19)23)22(30)27-13-7-8-16(14-27)21(29)25-17-9-3-2-4-10-17/h2-6,9-12,16H,7-8,13-14H2,1H3,(H,25,29). The molecule has 1 unspecified atom stereocenters. The minimum Gasteiger partial charge on any atom is -0.335 e. The number of nitrogens with one attached hydrogen (secondary N) is 1. The van der Waals surface area contributed by atoms with Crippen LogP contribution in [-0.2, 0) is 4.79 Å². The number of hydrogen-bond acceptors (Lipinski definition) is 4. The number of para-hydroxylation sites is 2. The second kappa shape index (κ2) is 8.67. The van der Waals surface area contributed by atoms with E-state index in [0.717, 1.165) is 18.5 Å². The summed E-state index contributed by atoms with van der Waals surface area (Å²) in [5.41, 5.74) is 1.42. The predicted octanol–water partition coefficient (Wildman–Crippen LogP) is 3.72. The highest BCUT2D eigenvalue weighted by Crippen LogP contribution is 2.22. The molecule has 2 heterocycles. The Bertz CT molecular complexity index is 1070. The molecule has 0 aliphatic carbocycles. The number of aryl methyl sites for hydroxylation is 1. The molecule has 0 bridgehead atoms. The van der Waals surface area contributed by atoms with Crippen molar-refractivity contribution in [3.8, 4) is 5.69 Å². The zero-order chi connectivity index (χ0) is 21.1. The number of rotatable bonds is 4. The first-order valence-corrected chi connectivity index (χ1v) is 10.2. The summed E-state index contributed by atoms with van der Waals surface area (Å²) in [4.78, 5) is 31.7. The van der Waals surface area contributed by atoms with Gasteiger partial charge in [-0.1, -0.05) is 41.9 Å². The van der Waals surface area contributed by atoms with Crippen molar-refractivity contribution in [1.29, 1.82) is 0 Å². The zero-order valence-electron chi connectivity index (χ0n) is 16.6. The molecule has 1 saturated heterocycles. The van der Waals surface area contributed by atoms with Crippen LogP contribution in [0.1, 0.15) is 29.3 Å². The predicted molar refractivity (Wildman–Crippen MR) is 115 cm³/mol. The molecule has 1 aliphatic rings. The molecule has 1 atom stereocenters. The number of aromatic nitrogens is 3. The zero-order valence-corrected chi connectivity index (χ0v) is 17.3. The van der Waals surface area contributed by atoms with Crippen LogP contribution >= 0.6 is 11.6 Å². The molecule has 0 spiro atoms. The molecule has 3 aromatic rings. The van der Waals surface area contributed by atoms with Crippen molar-refractivity contribution < 1.29 is 9.59 Å². The van der Waals surface area contributed by atoms with Gasteiger partial charge in [0, 0.05) is 18.8 Å². The van der Waals surface area contributed by atoms with E-state index in [1.807, 2.05) is 48.5 Å². The Balaban J connectivity index is 1.48. The van der Waals surface area contributed by atoms with Crippen LogP contribution in [0.4, 0.5) is 5.69 Å². The van der Waals surface area contributed by atoms with Gasteiger partial charge in [-0.3, -0.25) is 9.59 Å². The molecule has 1 aromatic heterocycles. The molecular formula is C22H22ClN5O2. The fraction of sp³-hybridized carbons (Fsp3) is 0.273. The lowest BCUT2D eigenvalue weighted by Crippen LogP contribution is -2.44. The van der Waals surface area contributed by atoms with Crippen LogP contribution in [-0.4, -0.2) is 44.6 Å². The van der Waals surface area contributed by atoms with Gasteiger partial charge in [0.2, 0.25) is 11.7 Å². The summed E-state index contributed by atoms with van der Waals surface area (Å²) in [7, 11) is 0. The van der Waals surface area contributed by atoms with E-state index in [9.17, 15) is 9.59 Å². The third-order valence-corrected chi connectivity index (χ3v) is 5.48. The summed E-state index contributed by atoms with van der Waals surface area (Å²) in [5, 5.41) is 7.84. The van der Waals surface area contributed by atoms with Crippen molar-refractivity contribution in [1.82, 2.24) is 19.7 Å². The van der Waals surface area contributed by atoms with E-state index in [-0.39, 0.29) is 23.6 Å². The molecule has 1 fully saturated rings. The Kier molecular flexibility index (Phi) is 5.81. The Morgan fingerprint density at radius 3 is 2.60 bits per heavy atom. The van der Waals surface area contributed by atoms with Gasteiger partial charge in [-0.25, -0.2) is 9.67 Å². The maximum atomic E-state index is 13.0. The Morgan fingerprint density at radius 2 is 1.83 bits per heavy atom. The van der Waals surface area contributed by atoms with E-state index in [1.54, 1.807) is 22.6 Å². The number of nitrogens with zero attached hydrogens (tertiary/aromatic N) is 4. The lowest BCUT2D eigenvalue weighted by atomic mass is 9.97. The summed E-state index contributed by atoms with van der Waals surface area (Å²) in [5.74, 6) is 0.0542. The van der Waals surface area contributed by atoms with Gasteiger partial charge >= 0.3 is 0 Å². The molecule has 8 heteroatoms. The fourth-order valence-corrected chi connectivity index (χ4v) is 3.83. The van der Waals surface area contributed by atoms with Crippen LogP contribution in [0.25, 0.3) is 5.69 Å². The Hall–Kier alpha value is -3.19. The smallest absolute Gasteiger partial charge is 0.293 e. The van der Waals surface area contributed by atoms with Gasteiger partial charge in [0.05, 0.1) is 16.6 Å². The van der Waals surface area contributed by atoms with Crippen molar-refractivity contribution in [2.75, 3.05) is 18.4 Å². The number of likely N-dealkylation sites (tertiary alicyclic amines) is 1. The fourth-order valence-electron chi connectivity index (χ4n) is 3.62. The molecule has 4 rings (SSSR count). The van der Waals surface area contributed by atoms with Crippen LogP contribution in [0.15, 0.2) is 54.6 Å². The highest BCUT2D eigenvalue weighted by atomic mass is 35.5. The summed E-state index contributed by atoms with van der Waals surface area (Å²) < 4.78 is 1.57. The first-order valence-electron chi connectivity index (χ1n) is 9.86. The summed E-state index contributed by atoms with van der Waals surface area (Å²) >= 11 is 6.26. The molecule has 154 valence electrons. The van der Waals surface area contributed by atoms with E-state index in [0.29, 0.717) is 29.6 Å². The SMILES string of the molecule is Cc1nc(C(=O)N2CCCC(C(=O)Nc3ccccc3)C2)nn1-c1ccccc1Cl. The average molecular weight is 424 g/mol. The second-order valence-electron chi connectivity index (χ2n) is 7.29. The van der Waals surface area contributed by atoms with Crippen molar-refractivity contribution >= 4 is 29.1 Å². The minimum absolute atomic E-state index is 0.0792. The number of anilines is 1. The molecule has 2 aromatic carbocycles. The van der Waals surface area contributed by atoms with Gasteiger partial charge in [0.15, 0.2) is 0 Å². The molecule has 1 N–H and O–H groups in total. The maximum Gasteiger partial charge on any atom is 0.293 e. The number of halogens is 1. The summed E-state index contributed by atoms with van der Waals surface area (Å²) in [6, 6.07) is 16.6. The van der Waals surface area contributed by atoms with Crippen molar-refractivity contribution in [2.45, 2.75) is 19.8 Å². The molecule has 7 nitrogen and oxygen atoms in total. The van der Waals surface area contributed by atoms with Gasteiger partial charge in [-0.15, -0.1) is 5.10 Å². The highest BCUT2D eigenvalue weighted by Gasteiger charge is 2.31. The van der Waals surface area contributed by atoms with Crippen molar-refractivity contribution in [3.05, 3.63) is 71.3 Å². The highest BCUT2D eigenvalue weighted by molar-refractivity contribution is 6.32. The number of carbonyl (C=O) groups excluding carboxylic acids is 2. The Morgan fingerprint density at radius 1 is 1.10 bits per heavy atom. The largest absolute Gasteiger partial charge is 0.335 e. The topological polar surface area (TPSA) is 80.1 Å². The average Bonchev–Trinajstić information content (AvgIpc) is 3.15. The third kappa shape index (κ3) is 4.21. The maximum absolute atomic E-state index is 13.0. The van der Waals surface area contributed by atoms with E-state index in [2.05, 4.69) is 15.4 Å². The van der Waals surface area contributed by atoms with Crippen LogP contribution < -0.4 is 5.32 Å². The van der Waals surface area contributed by atoms with Crippen LogP contribution in [0.2, 0.25) is 5.02 Å². The van der Waals surface area contributed by atoms with Crippen molar-refractivity contribution in [3.63, 3.8) is 0 Å². The molecule has 2 amide bonds. The second-order valence-corrected chi connectivity index (χ2v) is 7.70. The van der Waals surface area contributed by atoms with Crippen molar-refractivity contribution in [2.24, 2.45) is 5.92 Å². The van der Waals surface area contributed by atoms with Gasteiger partial charge < -0.3 is 10.2 Å². The number of amides is 2. The lowest BCUT2D eigenvalue weighted by molar-refractivity contribution is -0.121. The van der Waals surface area contributed by atoms with E-state index < -0.39 is 0 Å². The van der Waals surface area contributed by atoms with E-state index >= 15 is 0 Å². The Labute approximate surface area is 179 Å². The normalized spacial score (nSPS) is 16.3. The monoisotopic (exact) mass is 423 g/mol. The first kappa shape index (κ1) is 20.1. The van der Waals surface area contributed by atoms with E-state index in [1.165, 1.54) is 0 Å². The van der Waals surface area contributed by atoms with Gasteiger partial charge in [-0.2, -0.15) is 0 Å². The van der Waals surface area contributed by atoms with E-state index in [4.69, 9.17) is 11.6 Å². The minimum atomic E-state index is -0.277. The summed E-state index contributed by atoms with van der Waals surface area (Å²) in [6.07, 6.45) is 1.49. The quantitative estimate of drug-likeness (QED) is 0.693. The molecule has 0 radical (unpaired) electrons. The molecular weight excluding hydrogens is 402 g/mol. The number of benzene rings is 2. The third-order valence-electron chi connectivity index (χ3n) is 5.16. The van der Waals surface area contributed by atoms with Crippen LogP contribution in [0, 0.1) is 12.8 Å². The van der Waals surface area contributed by atoms with Gasteiger partial charge in [0.1, 0.15) is 5.82 Å². The molecule has 0 saturated carbocycles. The summed E-state index contributed by atoms with van der Waals surface area (Å²) in [6.45, 7) is 2.70. The molecule has 30 heavy (non-hydrogen) atoms. The van der Waals surface area contributed by atoms with Crippen LogP contribution in [0.5, 0.6) is 0 Å². The molecule has 1 aliphatic heterocycles. The first-order chi connectivity index (χ1) is 14.5. The number of hydrogen-bond donors (Lipinski definition) is 1. The van der Waals surface area contributed by atoms with Gasteiger partial charge in [0.25, 0.3) is 5.91 Å². The number of piperidine rings is 1. The van der Waals surface area contributed by atoms with Crippen LogP contribution in [0.3, 0.4) is 0 Å². The van der Waals surface area contributed by atoms with Gasteiger partial charge in [-0.05, 0) is 44.0 Å². The lowest BCUT2D eigenvalue weighted by Gasteiger charge is -2.31.